The number of esters is 1. The van der Waals surface area contributed by atoms with Crippen LogP contribution >= 0.6 is 0 Å². The lowest BCUT2D eigenvalue weighted by Crippen LogP contribution is -2.09. The van der Waals surface area contributed by atoms with E-state index in [1.54, 1.807) is 12.1 Å². The van der Waals surface area contributed by atoms with Gasteiger partial charge in [0.25, 0.3) is 0 Å². The van der Waals surface area contributed by atoms with Gasteiger partial charge < -0.3 is 4.74 Å². The summed E-state index contributed by atoms with van der Waals surface area (Å²) in [5.41, 5.74) is 1.72. The third-order valence-electron chi connectivity index (χ3n) is 4.00. The number of benzene rings is 1. The molecule has 19 heavy (non-hydrogen) atoms. The molecule has 2 heteroatoms. The van der Waals surface area contributed by atoms with Crippen molar-refractivity contribution in [3.05, 3.63) is 59.4 Å². The minimum Gasteiger partial charge on any atom is -0.427 e. The van der Waals surface area contributed by atoms with Crippen molar-refractivity contribution >= 4 is 5.97 Å². The van der Waals surface area contributed by atoms with Gasteiger partial charge in [0.15, 0.2) is 0 Å². The fourth-order valence-corrected chi connectivity index (χ4v) is 2.97. The molecule has 0 aromatic heterocycles. The first kappa shape index (κ1) is 12.2. The number of allylic oxidation sites excluding steroid dienone is 4. The zero-order valence-electron chi connectivity index (χ0n) is 11.3. The van der Waals surface area contributed by atoms with Crippen molar-refractivity contribution in [2.45, 2.75) is 20.3 Å². The van der Waals surface area contributed by atoms with Gasteiger partial charge in [0.2, 0.25) is 0 Å². The first-order valence-electron chi connectivity index (χ1n) is 6.79. The van der Waals surface area contributed by atoms with E-state index in [0.717, 1.165) is 17.8 Å². The van der Waals surface area contributed by atoms with Gasteiger partial charge in [-0.05, 0) is 49.8 Å². The second-order valence-electron chi connectivity index (χ2n) is 5.55. The number of carbonyl (C=O) groups excluding carboxylic acids is 1. The predicted molar refractivity (Wildman–Crippen MR) is 74.5 cm³/mol. The SMILES string of the molecule is CC(C)=C(OC(=O)c1ccccc1)[C@@H]1[C@@H]2C=CC[C@@H]21. The smallest absolute Gasteiger partial charge is 0.343 e. The number of fused-ring (bicyclic) bond motifs is 1. The fourth-order valence-electron chi connectivity index (χ4n) is 2.97. The largest absolute Gasteiger partial charge is 0.427 e. The molecule has 0 unspecified atom stereocenters. The summed E-state index contributed by atoms with van der Waals surface area (Å²) >= 11 is 0. The van der Waals surface area contributed by atoms with Gasteiger partial charge in [0.1, 0.15) is 5.76 Å². The molecule has 0 spiro atoms. The van der Waals surface area contributed by atoms with Crippen molar-refractivity contribution in [3.8, 4) is 0 Å². The zero-order valence-corrected chi connectivity index (χ0v) is 11.3. The molecule has 1 fully saturated rings. The molecule has 0 saturated heterocycles. The summed E-state index contributed by atoms with van der Waals surface area (Å²) in [5, 5.41) is 0. The summed E-state index contributed by atoms with van der Waals surface area (Å²) < 4.78 is 5.67. The highest BCUT2D eigenvalue weighted by Gasteiger charge is 2.53. The van der Waals surface area contributed by atoms with Gasteiger partial charge in [0, 0.05) is 5.92 Å². The molecule has 0 aliphatic heterocycles. The molecule has 0 amide bonds. The number of carbonyl (C=O) groups is 1. The first-order chi connectivity index (χ1) is 9.18. The van der Waals surface area contributed by atoms with Crippen molar-refractivity contribution in [2.75, 3.05) is 0 Å². The maximum absolute atomic E-state index is 12.1. The maximum Gasteiger partial charge on any atom is 0.343 e. The van der Waals surface area contributed by atoms with Crippen LogP contribution in [-0.2, 0) is 4.74 Å². The number of rotatable bonds is 3. The molecule has 98 valence electrons. The summed E-state index contributed by atoms with van der Waals surface area (Å²) in [6.45, 7) is 4.04. The van der Waals surface area contributed by atoms with E-state index >= 15 is 0 Å². The topological polar surface area (TPSA) is 26.3 Å². The van der Waals surface area contributed by atoms with E-state index in [0.29, 0.717) is 23.3 Å². The van der Waals surface area contributed by atoms with Crippen molar-refractivity contribution in [2.24, 2.45) is 17.8 Å². The molecule has 2 nitrogen and oxygen atoms in total. The Bertz CT molecular complexity index is 550. The molecule has 2 aliphatic carbocycles. The van der Waals surface area contributed by atoms with Crippen LogP contribution in [0, 0.1) is 17.8 Å². The third-order valence-corrected chi connectivity index (χ3v) is 4.00. The average Bonchev–Trinajstić information content (AvgIpc) is 2.87. The van der Waals surface area contributed by atoms with Crippen LogP contribution in [0.3, 0.4) is 0 Å². The average molecular weight is 254 g/mol. The Morgan fingerprint density at radius 1 is 1.21 bits per heavy atom. The molecule has 0 heterocycles. The highest BCUT2D eigenvalue weighted by atomic mass is 16.5. The molecular weight excluding hydrogens is 236 g/mol. The van der Waals surface area contributed by atoms with Crippen LogP contribution < -0.4 is 0 Å². The Morgan fingerprint density at radius 2 is 1.95 bits per heavy atom. The van der Waals surface area contributed by atoms with Gasteiger partial charge in [-0.15, -0.1) is 0 Å². The zero-order chi connectivity index (χ0) is 13.4. The summed E-state index contributed by atoms with van der Waals surface area (Å²) in [4.78, 5) is 12.1. The normalized spacial score (nSPS) is 26.7. The summed E-state index contributed by atoms with van der Waals surface area (Å²) in [7, 11) is 0. The van der Waals surface area contributed by atoms with Gasteiger partial charge >= 0.3 is 5.97 Å². The fraction of sp³-hybridized carbons (Fsp3) is 0.353. The molecule has 0 bridgehead atoms. The Hall–Kier alpha value is -1.83. The van der Waals surface area contributed by atoms with E-state index in [9.17, 15) is 4.79 Å². The minimum atomic E-state index is -0.245. The minimum absolute atomic E-state index is 0.245. The van der Waals surface area contributed by atoms with Crippen molar-refractivity contribution in [1.29, 1.82) is 0 Å². The van der Waals surface area contributed by atoms with Gasteiger partial charge in [-0.3, -0.25) is 0 Å². The lowest BCUT2D eigenvalue weighted by Gasteiger charge is -2.11. The number of hydrogen-bond donors (Lipinski definition) is 0. The molecular formula is C17H18O2. The molecule has 0 radical (unpaired) electrons. The summed E-state index contributed by atoms with van der Waals surface area (Å²) in [5.74, 6) is 2.31. The molecule has 1 aromatic rings. The highest BCUT2D eigenvalue weighted by Crippen LogP contribution is 2.58. The van der Waals surface area contributed by atoms with Crippen molar-refractivity contribution in [3.63, 3.8) is 0 Å². The van der Waals surface area contributed by atoms with Gasteiger partial charge in [-0.1, -0.05) is 30.4 Å². The Labute approximate surface area is 113 Å². The van der Waals surface area contributed by atoms with Crippen LogP contribution in [-0.4, -0.2) is 5.97 Å². The lowest BCUT2D eigenvalue weighted by molar-refractivity contribution is 0.0599. The molecule has 0 N–H and O–H groups in total. The van der Waals surface area contributed by atoms with E-state index in [1.807, 2.05) is 32.0 Å². The molecule has 2 aliphatic rings. The van der Waals surface area contributed by atoms with Gasteiger partial charge in [0.05, 0.1) is 5.56 Å². The van der Waals surface area contributed by atoms with E-state index in [2.05, 4.69) is 12.2 Å². The Balaban J connectivity index is 1.75. The van der Waals surface area contributed by atoms with Crippen LogP contribution in [0.4, 0.5) is 0 Å². The first-order valence-corrected chi connectivity index (χ1v) is 6.79. The Kier molecular flexibility index (Phi) is 3.02. The van der Waals surface area contributed by atoms with Crippen LogP contribution in [0.2, 0.25) is 0 Å². The summed E-state index contributed by atoms with van der Waals surface area (Å²) in [6, 6.07) is 9.19. The Morgan fingerprint density at radius 3 is 2.53 bits per heavy atom. The standard InChI is InChI=1S/C17H18O2/c1-11(2)16(15-13-9-6-10-14(13)15)19-17(18)12-7-4-3-5-8-12/h3-9,13-15H,10H2,1-2H3/t13-,14+,15-/m1/s1. The number of ether oxygens (including phenoxy) is 1. The predicted octanol–water partition coefficient (Wildman–Crippen LogP) is 3.96. The van der Waals surface area contributed by atoms with E-state index in [-0.39, 0.29) is 5.97 Å². The molecule has 3 rings (SSSR count). The van der Waals surface area contributed by atoms with Crippen LogP contribution in [0.1, 0.15) is 30.6 Å². The van der Waals surface area contributed by atoms with E-state index in [1.165, 1.54) is 0 Å². The quantitative estimate of drug-likeness (QED) is 0.463. The lowest BCUT2D eigenvalue weighted by atomic mass is 10.1. The van der Waals surface area contributed by atoms with E-state index < -0.39 is 0 Å². The second-order valence-corrected chi connectivity index (χ2v) is 5.55. The second kappa shape index (κ2) is 4.69. The van der Waals surface area contributed by atoms with Crippen LogP contribution in [0.15, 0.2) is 53.8 Å². The van der Waals surface area contributed by atoms with Crippen molar-refractivity contribution < 1.29 is 9.53 Å². The monoisotopic (exact) mass is 254 g/mol. The maximum atomic E-state index is 12.1. The molecule has 1 aromatic carbocycles. The highest BCUT2D eigenvalue weighted by molar-refractivity contribution is 5.90. The van der Waals surface area contributed by atoms with E-state index in [4.69, 9.17) is 4.74 Å². The third kappa shape index (κ3) is 2.23. The van der Waals surface area contributed by atoms with Crippen LogP contribution in [0.25, 0.3) is 0 Å². The molecule has 1 saturated carbocycles. The van der Waals surface area contributed by atoms with Crippen molar-refractivity contribution in [1.82, 2.24) is 0 Å². The van der Waals surface area contributed by atoms with Crippen LogP contribution in [0.5, 0.6) is 0 Å². The van der Waals surface area contributed by atoms with Gasteiger partial charge in [-0.25, -0.2) is 4.79 Å². The number of hydrogen-bond acceptors (Lipinski definition) is 2. The summed E-state index contributed by atoms with van der Waals surface area (Å²) in [6.07, 6.45) is 5.61. The van der Waals surface area contributed by atoms with Gasteiger partial charge in [-0.2, -0.15) is 0 Å². The molecule has 3 atom stereocenters.